The van der Waals surface area contributed by atoms with Gasteiger partial charge >= 0.3 is 11.9 Å². The number of β-amino-alcohol motifs (C(OH)–C–C–N with tert-alkyl or cyclic N) is 1. The van der Waals surface area contributed by atoms with Gasteiger partial charge in [-0.25, -0.2) is 9.59 Å². The molecule has 1 aliphatic rings. The lowest BCUT2D eigenvalue weighted by Gasteiger charge is -2.43. The van der Waals surface area contributed by atoms with Crippen molar-refractivity contribution in [1.82, 2.24) is 9.80 Å². The van der Waals surface area contributed by atoms with Crippen LogP contribution in [0.15, 0.2) is 12.2 Å². The average molecular weight is 392 g/mol. The summed E-state index contributed by atoms with van der Waals surface area (Å²) in [7, 11) is 1.44. The molecular weight excluding hydrogens is 368 g/mol. The first kappa shape index (κ1) is 24.3. The van der Waals surface area contributed by atoms with E-state index >= 15 is 0 Å². The molecule has 154 valence electrons. The summed E-state index contributed by atoms with van der Waals surface area (Å²) in [4.78, 5) is 33.4. The zero-order valence-electron chi connectivity index (χ0n) is 14.5. The molecule has 9 N–H and O–H groups in total. The highest BCUT2D eigenvalue weighted by Gasteiger charge is 2.43. The first-order valence-electron chi connectivity index (χ1n) is 7.55. The molecule has 1 aliphatic heterocycles. The number of aliphatic hydroxyl groups is 4. The van der Waals surface area contributed by atoms with Crippen LogP contribution in [-0.2, 0) is 14.4 Å². The summed E-state index contributed by atoms with van der Waals surface area (Å²) < 4.78 is 0. The number of nitrogens with one attached hydrogen (secondary N) is 1. The van der Waals surface area contributed by atoms with Crippen LogP contribution in [0.1, 0.15) is 0 Å². The number of likely N-dealkylation sites (N-methyl/N-ethyl adjacent to an activating group) is 1. The molecule has 0 bridgehead atoms. The van der Waals surface area contributed by atoms with Gasteiger partial charge in [-0.15, -0.1) is 0 Å². The Balaban J connectivity index is 0.000000713. The molecule has 27 heavy (non-hydrogen) atoms. The monoisotopic (exact) mass is 392 g/mol. The van der Waals surface area contributed by atoms with E-state index in [0.717, 1.165) is 4.90 Å². The fourth-order valence-corrected chi connectivity index (χ4v) is 2.10. The molecule has 0 radical (unpaired) electrons. The number of carboxylic acids is 2. The number of nitrogens with two attached hydrogens (primary N) is 1. The van der Waals surface area contributed by atoms with Crippen LogP contribution in [0.2, 0.25) is 0 Å². The highest BCUT2D eigenvalue weighted by Crippen LogP contribution is 2.19. The first-order valence-corrected chi connectivity index (χ1v) is 7.55. The van der Waals surface area contributed by atoms with E-state index in [2.05, 4.69) is 0 Å². The van der Waals surface area contributed by atoms with Crippen LogP contribution in [-0.4, -0.2) is 115 Å². The highest BCUT2D eigenvalue weighted by molar-refractivity contribution is 5.89. The third-order valence-electron chi connectivity index (χ3n) is 3.58. The molecule has 0 aromatic carbocycles. The van der Waals surface area contributed by atoms with Crippen molar-refractivity contribution in [3.8, 4) is 0 Å². The first-order chi connectivity index (χ1) is 12.4. The van der Waals surface area contributed by atoms with E-state index < -0.39 is 48.8 Å². The Morgan fingerprint density at radius 2 is 1.63 bits per heavy atom. The van der Waals surface area contributed by atoms with E-state index in [1.54, 1.807) is 0 Å². The Hall–Kier alpha value is -2.74. The van der Waals surface area contributed by atoms with Crippen molar-refractivity contribution in [2.24, 2.45) is 5.73 Å². The molecule has 0 aliphatic carbocycles. The standard InChI is InChI=1S/C10H20N4O5.C4H4O4/c1-13(10(11)12)3-7(17)14-2-6(16)9(19)8(18)5(14)4-15;5-3(6)1-2-4(7)8/h5-6,8-9,15-16,18-19H,2-4H2,1H3,(H3,11,12);1-2H,(H,5,6)(H,7,8)/b;2-1-/t5-,6-,8-,9-;/m1./s1. The lowest BCUT2D eigenvalue weighted by atomic mass is 9.94. The second kappa shape index (κ2) is 11.1. The van der Waals surface area contributed by atoms with Gasteiger partial charge in [0.05, 0.1) is 19.2 Å². The summed E-state index contributed by atoms with van der Waals surface area (Å²) in [5.74, 6) is -3.33. The van der Waals surface area contributed by atoms with Crippen LogP contribution >= 0.6 is 0 Å². The Morgan fingerprint density at radius 3 is 2.00 bits per heavy atom. The summed E-state index contributed by atoms with van der Waals surface area (Å²) in [5, 5.41) is 60.8. The van der Waals surface area contributed by atoms with Crippen molar-refractivity contribution in [3.05, 3.63) is 12.2 Å². The fraction of sp³-hybridized carbons (Fsp3) is 0.571. The molecule has 1 amide bonds. The number of carboxylic acid groups (broad SMARTS) is 2. The van der Waals surface area contributed by atoms with Crippen molar-refractivity contribution < 1.29 is 45.0 Å². The van der Waals surface area contributed by atoms with Gasteiger partial charge in [-0.2, -0.15) is 0 Å². The fourth-order valence-electron chi connectivity index (χ4n) is 2.10. The normalized spacial score (nSPS) is 24.7. The summed E-state index contributed by atoms with van der Waals surface area (Å²) >= 11 is 0. The molecule has 0 aromatic rings. The number of amides is 1. The second-order valence-corrected chi connectivity index (χ2v) is 5.60. The molecule has 0 aromatic heterocycles. The van der Waals surface area contributed by atoms with Crippen LogP contribution in [0.3, 0.4) is 0 Å². The van der Waals surface area contributed by atoms with Gasteiger partial charge in [0.15, 0.2) is 5.96 Å². The number of aliphatic carboxylic acids is 2. The van der Waals surface area contributed by atoms with Crippen LogP contribution in [0.25, 0.3) is 0 Å². The molecule has 0 saturated carbocycles. The number of hydrogen-bond acceptors (Lipinski definition) is 8. The van der Waals surface area contributed by atoms with E-state index in [4.69, 9.17) is 21.4 Å². The number of nitrogens with zero attached hydrogens (tertiary/aromatic N) is 2. The van der Waals surface area contributed by atoms with Crippen molar-refractivity contribution in [1.29, 1.82) is 5.41 Å². The predicted octanol–water partition coefficient (Wildman–Crippen LogP) is -4.19. The van der Waals surface area contributed by atoms with Gasteiger partial charge in [-0.3, -0.25) is 10.2 Å². The molecule has 13 nitrogen and oxygen atoms in total. The molecular formula is C14H24N4O9. The second-order valence-electron chi connectivity index (χ2n) is 5.60. The maximum Gasteiger partial charge on any atom is 0.328 e. The molecule has 1 fully saturated rings. The van der Waals surface area contributed by atoms with Gasteiger partial charge in [-0.1, -0.05) is 0 Å². The largest absolute Gasteiger partial charge is 0.478 e. The van der Waals surface area contributed by atoms with Crippen molar-refractivity contribution >= 4 is 23.8 Å². The number of carbonyl (C=O) groups excluding carboxylic acids is 1. The minimum Gasteiger partial charge on any atom is -0.478 e. The van der Waals surface area contributed by atoms with Crippen LogP contribution in [0, 0.1) is 5.41 Å². The van der Waals surface area contributed by atoms with Crippen molar-refractivity contribution in [2.45, 2.75) is 24.4 Å². The lowest BCUT2D eigenvalue weighted by Crippen LogP contribution is -2.65. The minimum absolute atomic E-state index is 0.200. The number of likely N-dealkylation sites (tertiary alicyclic amines) is 1. The minimum atomic E-state index is -1.43. The number of aliphatic hydroxyl groups excluding tert-OH is 4. The lowest BCUT2D eigenvalue weighted by molar-refractivity contribution is -0.166. The van der Waals surface area contributed by atoms with Gasteiger partial charge in [0.2, 0.25) is 5.91 Å². The number of guanidine groups is 1. The van der Waals surface area contributed by atoms with Crippen LogP contribution in [0.4, 0.5) is 0 Å². The molecule has 1 rings (SSSR count). The van der Waals surface area contributed by atoms with Gasteiger partial charge in [0.25, 0.3) is 0 Å². The highest BCUT2D eigenvalue weighted by atomic mass is 16.4. The number of hydrogen-bond donors (Lipinski definition) is 8. The quantitative estimate of drug-likeness (QED) is 0.127. The summed E-state index contributed by atoms with van der Waals surface area (Å²) in [6.07, 6.45) is -3.01. The average Bonchev–Trinajstić information content (AvgIpc) is 2.57. The third kappa shape index (κ3) is 8.00. The number of rotatable bonds is 5. The Bertz CT molecular complexity index is 567. The SMILES string of the molecule is CN(CC(=O)N1C[C@@H](O)[C@@H](O)[C@H](O)[C@H]1CO)C(=N)N.O=C(O)/C=C\C(=O)O. The van der Waals surface area contributed by atoms with Gasteiger partial charge < -0.3 is 46.2 Å². The topological polar surface area (TPSA) is 229 Å². The molecule has 0 unspecified atom stereocenters. The summed E-state index contributed by atoms with van der Waals surface area (Å²) in [6.45, 7) is -0.962. The maximum absolute atomic E-state index is 12.0. The molecule has 1 heterocycles. The van der Waals surface area contributed by atoms with Crippen molar-refractivity contribution in [3.63, 3.8) is 0 Å². The third-order valence-corrected chi connectivity index (χ3v) is 3.58. The maximum atomic E-state index is 12.0. The van der Waals surface area contributed by atoms with E-state index in [9.17, 15) is 34.8 Å². The van der Waals surface area contributed by atoms with E-state index in [0.29, 0.717) is 12.2 Å². The van der Waals surface area contributed by atoms with Gasteiger partial charge in [-0.05, 0) is 0 Å². The molecule has 13 heteroatoms. The zero-order chi connectivity index (χ0) is 21.3. The van der Waals surface area contributed by atoms with Crippen LogP contribution < -0.4 is 5.73 Å². The van der Waals surface area contributed by atoms with Crippen molar-refractivity contribution in [2.75, 3.05) is 26.7 Å². The van der Waals surface area contributed by atoms with E-state index in [-0.39, 0.29) is 19.0 Å². The molecule has 1 saturated heterocycles. The predicted molar refractivity (Wildman–Crippen MR) is 89.6 cm³/mol. The van der Waals surface area contributed by atoms with Gasteiger partial charge in [0.1, 0.15) is 18.3 Å². The Kier molecular flexibility index (Phi) is 9.95. The number of carbonyl (C=O) groups is 3. The smallest absolute Gasteiger partial charge is 0.328 e. The molecule has 0 spiro atoms. The summed E-state index contributed by atoms with van der Waals surface area (Å²) in [5.41, 5.74) is 5.21. The molecule has 4 atom stereocenters. The van der Waals surface area contributed by atoms with E-state index in [1.807, 2.05) is 0 Å². The zero-order valence-corrected chi connectivity index (χ0v) is 14.5. The van der Waals surface area contributed by atoms with Crippen LogP contribution in [0.5, 0.6) is 0 Å². The number of piperidine rings is 1. The summed E-state index contributed by atoms with van der Waals surface area (Å²) in [6, 6.07) is -0.994. The Morgan fingerprint density at radius 1 is 1.15 bits per heavy atom. The Labute approximate surface area is 154 Å². The van der Waals surface area contributed by atoms with Gasteiger partial charge in [0, 0.05) is 25.7 Å². The van der Waals surface area contributed by atoms with E-state index in [1.165, 1.54) is 11.9 Å².